The fraction of sp³-hybridized carbons (Fsp3) is 0.400. The predicted octanol–water partition coefficient (Wildman–Crippen LogP) is 2.21. The molecule has 1 aliphatic rings. The minimum Gasteiger partial charge on any atom is -0.360 e. The summed E-state index contributed by atoms with van der Waals surface area (Å²) in [5.41, 5.74) is 2.69. The summed E-state index contributed by atoms with van der Waals surface area (Å²) in [4.78, 5) is 14.4. The van der Waals surface area contributed by atoms with Gasteiger partial charge in [-0.15, -0.1) is 10.2 Å². The first-order valence-corrected chi connectivity index (χ1v) is 8.03. The van der Waals surface area contributed by atoms with Gasteiger partial charge in [0.2, 0.25) is 10.1 Å². The summed E-state index contributed by atoms with van der Waals surface area (Å²) in [7, 11) is 0. The van der Waals surface area contributed by atoms with Gasteiger partial charge in [0.25, 0.3) is 5.91 Å². The van der Waals surface area contributed by atoms with E-state index in [2.05, 4.69) is 39.8 Å². The lowest BCUT2D eigenvalue weighted by molar-refractivity contribution is 0.0762. The van der Waals surface area contributed by atoms with Gasteiger partial charge in [-0.1, -0.05) is 35.6 Å². The molecule has 0 fully saturated rings. The number of fused-ring (bicyclic) bond motifs is 1. The van der Waals surface area contributed by atoms with Gasteiger partial charge in [0.05, 0.1) is 0 Å². The summed E-state index contributed by atoms with van der Waals surface area (Å²) in [6.07, 6.45) is 1.81. The highest BCUT2D eigenvalue weighted by Crippen LogP contribution is 2.20. The van der Waals surface area contributed by atoms with Gasteiger partial charge in [-0.3, -0.25) is 4.79 Å². The molecule has 0 spiro atoms. The van der Waals surface area contributed by atoms with Crippen LogP contribution < -0.4 is 5.32 Å². The topological polar surface area (TPSA) is 58.1 Å². The van der Waals surface area contributed by atoms with E-state index in [1.165, 1.54) is 22.5 Å². The normalized spacial score (nSPS) is 14.4. The Morgan fingerprint density at radius 2 is 1.90 bits per heavy atom. The Bertz CT molecular complexity index is 613. The van der Waals surface area contributed by atoms with Crippen LogP contribution in [0, 0.1) is 0 Å². The van der Waals surface area contributed by atoms with Gasteiger partial charge in [-0.2, -0.15) is 0 Å². The van der Waals surface area contributed by atoms with Crippen LogP contribution in [-0.4, -0.2) is 40.6 Å². The van der Waals surface area contributed by atoms with Crippen molar-refractivity contribution in [3.8, 4) is 0 Å². The highest BCUT2D eigenvalue weighted by atomic mass is 32.1. The van der Waals surface area contributed by atoms with Gasteiger partial charge in [0.15, 0.2) is 0 Å². The van der Waals surface area contributed by atoms with Crippen LogP contribution in [0.4, 0.5) is 5.13 Å². The molecular weight excluding hydrogens is 284 g/mol. The van der Waals surface area contributed by atoms with Gasteiger partial charge >= 0.3 is 0 Å². The Morgan fingerprint density at radius 3 is 2.52 bits per heavy atom. The van der Waals surface area contributed by atoms with E-state index in [0.717, 1.165) is 32.5 Å². The fourth-order valence-electron chi connectivity index (χ4n) is 2.54. The van der Waals surface area contributed by atoms with Crippen molar-refractivity contribution in [3.63, 3.8) is 0 Å². The second-order valence-electron chi connectivity index (χ2n) is 5.00. The maximum absolute atomic E-state index is 12.5. The molecule has 1 amide bonds. The number of aromatic nitrogens is 2. The standard InChI is InChI=1S/C15H18N4OS/c1-2-16-15-18-17-13(21-15)14(20)19-9-7-11-5-3-4-6-12(11)8-10-19/h3-6H,2,7-10H2,1H3,(H,16,18). The number of carbonyl (C=O) groups is 1. The second-order valence-corrected chi connectivity index (χ2v) is 5.98. The molecule has 110 valence electrons. The molecule has 6 heteroatoms. The Morgan fingerprint density at radius 1 is 1.24 bits per heavy atom. The van der Waals surface area contributed by atoms with Crippen LogP contribution in [0.25, 0.3) is 0 Å². The van der Waals surface area contributed by atoms with Crippen molar-refractivity contribution in [2.24, 2.45) is 0 Å². The summed E-state index contributed by atoms with van der Waals surface area (Å²) in [5.74, 6) is -0.00976. The zero-order valence-corrected chi connectivity index (χ0v) is 12.8. The van der Waals surface area contributed by atoms with Crippen LogP contribution in [0.3, 0.4) is 0 Å². The largest absolute Gasteiger partial charge is 0.360 e. The molecule has 1 aromatic heterocycles. The Hall–Kier alpha value is -1.95. The maximum Gasteiger partial charge on any atom is 0.284 e. The van der Waals surface area contributed by atoms with E-state index in [0.29, 0.717) is 10.1 Å². The van der Waals surface area contributed by atoms with Crippen molar-refractivity contribution >= 4 is 22.4 Å². The van der Waals surface area contributed by atoms with E-state index in [1.807, 2.05) is 11.8 Å². The summed E-state index contributed by atoms with van der Waals surface area (Å²) < 4.78 is 0. The third-order valence-electron chi connectivity index (χ3n) is 3.64. The first kappa shape index (κ1) is 14.0. The number of hydrogen-bond donors (Lipinski definition) is 1. The lowest BCUT2D eigenvalue weighted by Gasteiger charge is -2.18. The van der Waals surface area contributed by atoms with Crippen molar-refractivity contribution in [2.45, 2.75) is 19.8 Å². The smallest absolute Gasteiger partial charge is 0.284 e. The minimum absolute atomic E-state index is 0.00976. The van der Waals surface area contributed by atoms with E-state index in [9.17, 15) is 4.79 Å². The van der Waals surface area contributed by atoms with Crippen LogP contribution >= 0.6 is 11.3 Å². The zero-order valence-electron chi connectivity index (χ0n) is 12.0. The zero-order chi connectivity index (χ0) is 14.7. The number of hydrogen-bond acceptors (Lipinski definition) is 5. The number of benzene rings is 1. The van der Waals surface area contributed by atoms with Crippen LogP contribution in [-0.2, 0) is 12.8 Å². The highest BCUT2D eigenvalue weighted by molar-refractivity contribution is 7.17. The maximum atomic E-state index is 12.5. The SMILES string of the molecule is CCNc1nnc(C(=O)N2CCc3ccccc3CC2)s1. The third kappa shape index (κ3) is 3.05. The van der Waals surface area contributed by atoms with Crippen molar-refractivity contribution < 1.29 is 4.79 Å². The summed E-state index contributed by atoms with van der Waals surface area (Å²) in [6, 6.07) is 8.42. The molecule has 1 aliphatic heterocycles. The van der Waals surface area contributed by atoms with Gasteiger partial charge < -0.3 is 10.2 Å². The number of carbonyl (C=O) groups excluding carboxylic acids is 1. The van der Waals surface area contributed by atoms with Gasteiger partial charge in [-0.05, 0) is 30.9 Å². The van der Waals surface area contributed by atoms with Crippen molar-refractivity contribution in [2.75, 3.05) is 25.0 Å². The third-order valence-corrected chi connectivity index (χ3v) is 4.51. The van der Waals surface area contributed by atoms with Crippen LogP contribution in [0.5, 0.6) is 0 Å². The number of amides is 1. The van der Waals surface area contributed by atoms with Crippen LogP contribution in [0.15, 0.2) is 24.3 Å². The molecule has 21 heavy (non-hydrogen) atoms. The van der Waals surface area contributed by atoms with E-state index < -0.39 is 0 Å². The van der Waals surface area contributed by atoms with Crippen molar-refractivity contribution in [3.05, 3.63) is 40.4 Å². The Labute approximate surface area is 128 Å². The summed E-state index contributed by atoms with van der Waals surface area (Å²) >= 11 is 1.33. The van der Waals surface area contributed by atoms with Crippen LogP contribution in [0.1, 0.15) is 27.9 Å². The highest BCUT2D eigenvalue weighted by Gasteiger charge is 2.22. The number of nitrogens with zero attached hydrogens (tertiary/aromatic N) is 3. The molecule has 5 nitrogen and oxygen atoms in total. The van der Waals surface area contributed by atoms with Crippen LogP contribution in [0.2, 0.25) is 0 Å². The van der Waals surface area contributed by atoms with E-state index in [4.69, 9.17) is 0 Å². The first-order valence-electron chi connectivity index (χ1n) is 7.21. The van der Waals surface area contributed by atoms with E-state index in [1.54, 1.807) is 0 Å². The number of nitrogens with one attached hydrogen (secondary N) is 1. The molecule has 1 N–H and O–H groups in total. The molecular formula is C15H18N4OS. The lowest BCUT2D eigenvalue weighted by atomic mass is 10.0. The molecule has 0 atom stereocenters. The van der Waals surface area contributed by atoms with Crippen molar-refractivity contribution in [1.29, 1.82) is 0 Å². The summed E-state index contributed by atoms with van der Waals surface area (Å²) in [6.45, 7) is 4.26. The number of anilines is 1. The van der Waals surface area contributed by atoms with Gasteiger partial charge in [0.1, 0.15) is 0 Å². The average Bonchev–Trinajstić information content (AvgIpc) is 2.86. The van der Waals surface area contributed by atoms with E-state index >= 15 is 0 Å². The van der Waals surface area contributed by atoms with E-state index in [-0.39, 0.29) is 5.91 Å². The molecule has 0 bridgehead atoms. The molecule has 2 aromatic rings. The summed E-state index contributed by atoms with van der Waals surface area (Å²) in [5, 5.41) is 12.3. The molecule has 0 unspecified atom stereocenters. The molecule has 0 saturated carbocycles. The molecule has 0 saturated heterocycles. The average molecular weight is 302 g/mol. The minimum atomic E-state index is -0.00976. The monoisotopic (exact) mass is 302 g/mol. The lowest BCUT2D eigenvalue weighted by Crippen LogP contribution is -2.33. The molecule has 0 aliphatic carbocycles. The second kappa shape index (κ2) is 6.22. The molecule has 1 aromatic carbocycles. The van der Waals surface area contributed by atoms with Gasteiger partial charge in [-0.25, -0.2) is 0 Å². The first-order chi connectivity index (χ1) is 10.3. The quantitative estimate of drug-likeness (QED) is 0.944. The Balaban J connectivity index is 1.71. The molecule has 3 rings (SSSR count). The fourth-order valence-corrected chi connectivity index (χ4v) is 3.32. The number of rotatable bonds is 3. The molecule has 2 heterocycles. The molecule has 0 radical (unpaired) electrons. The van der Waals surface area contributed by atoms with Gasteiger partial charge in [0, 0.05) is 19.6 Å². The van der Waals surface area contributed by atoms with Crippen molar-refractivity contribution in [1.82, 2.24) is 15.1 Å². The predicted molar refractivity (Wildman–Crippen MR) is 83.8 cm³/mol. The Kier molecular flexibility index (Phi) is 4.15.